The van der Waals surface area contributed by atoms with Crippen molar-refractivity contribution in [2.45, 2.75) is 26.4 Å². The van der Waals surface area contributed by atoms with Crippen molar-refractivity contribution >= 4 is 37.8 Å². The van der Waals surface area contributed by atoms with Crippen molar-refractivity contribution in [1.29, 1.82) is 0 Å². The van der Waals surface area contributed by atoms with Crippen LogP contribution in [0.5, 0.6) is 5.75 Å². The molecule has 0 aliphatic heterocycles. The minimum Gasteiger partial charge on any atom is -0.488 e. The molecule has 0 heterocycles. The zero-order valence-electron chi connectivity index (χ0n) is 13.1. The van der Waals surface area contributed by atoms with Gasteiger partial charge in [-0.25, -0.2) is 0 Å². The van der Waals surface area contributed by atoms with Gasteiger partial charge >= 0.3 is 5.97 Å². The summed E-state index contributed by atoms with van der Waals surface area (Å²) in [6, 6.07) is 11.8. The van der Waals surface area contributed by atoms with Crippen LogP contribution in [0, 0.1) is 0 Å². The first-order valence-electron chi connectivity index (χ1n) is 7.29. The van der Waals surface area contributed by atoms with E-state index < -0.39 is 0 Å². The van der Waals surface area contributed by atoms with E-state index in [-0.39, 0.29) is 12.4 Å². The average Bonchev–Trinajstić information content (AvgIpc) is 2.55. The highest BCUT2D eigenvalue weighted by Gasteiger charge is 2.12. The van der Waals surface area contributed by atoms with Gasteiger partial charge in [-0.15, -0.1) is 0 Å². The Balaban J connectivity index is 2.18. The molecule has 2 aromatic carbocycles. The Kier molecular flexibility index (Phi) is 6.66. The van der Waals surface area contributed by atoms with E-state index in [9.17, 15) is 4.79 Å². The fourth-order valence-corrected chi connectivity index (χ4v) is 3.25. The molecule has 0 aromatic heterocycles. The highest BCUT2D eigenvalue weighted by atomic mass is 79.9. The Morgan fingerprint density at radius 1 is 1.13 bits per heavy atom. The van der Waals surface area contributed by atoms with Crippen molar-refractivity contribution in [3.05, 3.63) is 62.0 Å². The summed E-state index contributed by atoms with van der Waals surface area (Å²) in [4.78, 5) is 11.6. The number of esters is 1. The van der Waals surface area contributed by atoms with Crippen LogP contribution in [0.3, 0.4) is 0 Å². The molecule has 0 amide bonds. The number of benzene rings is 2. The van der Waals surface area contributed by atoms with Crippen LogP contribution in [0.25, 0.3) is 0 Å². The predicted molar refractivity (Wildman–Crippen MR) is 97.7 cm³/mol. The van der Waals surface area contributed by atoms with Crippen LogP contribution in [-0.4, -0.2) is 13.1 Å². The van der Waals surface area contributed by atoms with Crippen molar-refractivity contribution in [3.63, 3.8) is 0 Å². The minimum atomic E-state index is -0.266. The smallest absolute Gasteiger partial charge is 0.309 e. The zero-order valence-corrected chi connectivity index (χ0v) is 16.2. The Morgan fingerprint density at radius 2 is 1.91 bits per heavy atom. The minimum absolute atomic E-state index is 0.227. The molecular formula is C18H18Br2O3. The maximum Gasteiger partial charge on any atom is 0.309 e. The van der Waals surface area contributed by atoms with E-state index in [1.54, 1.807) is 0 Å². The predicted octanol–water partition coefficient (Wildman–Crippen LogP) is 5.07. The Hall–Kier alpha value is -1.33. The lowest BCUT2D eigenvalue weighted by Gasteiger charge is -2.14. The maximum atomic E-state index is 11.6. The third-order valence-electron chi connectivity index (χ3n) is 3.55. The Bertz CT molecular complexity index is 699. The molecule has 0 aliphatic rings. The van der Waals surface area contributed by atoms with E-state index in [0.29, 0.717) is 6.61 Å². The first-order chi connectivity index (χ1) is 11.0. The average molecular weight is 442 g/mol. The van der Waals surface area contributed by atoms with E-state index in [2.05, 4.69) is 50.9 Å². The van der Waals surface area contributed by atoms with Gasteiger partial charge in [-0.05, 0) is 51.7 Å². The van der Waals surface area contributed by atoms with Gasteiger partial charge in [0.2, 0.25) is 0 Å². The molecule has 0 saturated carbocycles. The number of rotatable bonds is 6. The largest absolute Gasteiger partial charge is 0.488 e. The first-order valence-corrected chi connectivity index (χ1v) is 8.88. The van der Waals surface area contributed by atoms with Gasteiger partial charge in [0.05, 0.1) is 18.0 Å². The quantitative estimate of drug-likeness (QED) is 0.587. The molecule has 5 heteroatoms. The number of hydrogen-bond donors (Lipinski definition) is 0. The summed E-state index contributed by atoms with van der Waals surface area (Å²) in [7, 11) is 1.39. The molecule has 0 bridgehead atoms. The molecule has 122 valence electrons. The molecule has 0 N–H and O–H groups in total. The molecule has 0 unspecified atom stereocenters. The molecule has 0 spiro atoms. The molecule has 23 heavy (non-hydrogen) atoms. The summed E-state index contributed by atoms with van der Waals surface area (Å²) in [5.41, 5.74) is 3.09. The fourth-order valence-electron chi connectivity index (χ4n) is 2.19. The maximum absolute atomic E-state index is 11.6. The number of methoxy groups -OCH3 is 1. The van der Waals surface area contributed by atoms with Gasteiger partial charge in [0.25, 0.3) is 0 Å². The number of aryl methyl sites for hydroxylation is 1. The zero-order chi connectivity index (χ0) is 16.8. The Labute approximate surface area is 153 Å². The third-order valence-corrected chi connectivity index (χ3v) is 4.92. The van der Waals surface area contributed by atoms with Crippen molar-refractivity contribution in [2.24, 2.45) is 0 Å². The van der Waals surface area contributed by atoms with E-state index >= 15 is 0 Å². The van der Waals surface area contributed by atoms with Crippen LogP contribution in [0.4, 0.5) is 0 Å². The summed E-state index contributed by atoms with van der Waals surface area (Å²) in [6.45, 7) is 2.49. The van der Waals surface area contributed by atoms with Crippen LogP contribution >= 0.6 is 31.9 Å². The lowest BCUT2D eigenvalue weighted by molar-refractivity contribution is -0.139. The third kappa shape index (κ3) is 4.82. The van der Waals surface area contributed by atoms with Crippen LogP contribution in [-0.2, 0) is 29.0 Å². The van der Waals surface area contributed by atoms with Crippen LogP contribution in [0.15, 0.2) is 45.3 Å². The molecule has 0 saturated heterocycles. The summed E-state index contributed by atoms with van der Waals surface area (Å²) < 4.78 is 12.5. The normalized spacial score (nSPS) is 10.4. The lowest BCUT2D eigenvalue weighted by Crippen LogP contribution is -2.09. The van der Waals surface area contributed by atoms with Gasteiger partial charge in [0.1, 0.15) is 12.4 Å². The number of hydrogen-bond acceptors (Lipinski definition) is 3. The van der Waals surface area contributed by atoms with E-state index in [0.717, 1.165) is 32.2 Å². The highest BCUT2D eigenvalue weighted by Crippen LogP contribution is 2.29. The summed E-state index contributed by atoms with van der Waals surface area (Å²) in [5.74, 6) is 0.514. The summed E-state index contributed by atoms with van der Waals surface area (Å²) in [6.07, 6.45) is 1.21. The topological polar surface area (TPSA) is 35.5 Å². The molecule has 2 aromatic rings. The number of carbonyl (C=O) groups is 1. The van der Waals surface area contributed by atoms with Crippen molar-refractivity contribution < 1.29 is 14.3 Å². The van der Waals surface area contributed by atoms with E-state index in [1.165, 1.54) is 12.7 Å². The van der Waals surface area contributed by atoms with Crippen molar-refractivity contribution in [3.8, 4) is 5.75 Å². The highest BCUT2D eigenvalue weighted by molar-refractivity contribution is 9.10. The molecule has 2 rings (SSSR count). The second-order valence-electron chi connectivity index (χ2n) is 5.04. The second-order valence-corrected chi connectivity index (χ2v) is 6.75. The molecule has 3 nitrogen and oxygen atoms in total. The summed E-state index contributed by atoms with van der Waals surface area (Å²) >= 11 is 7.07. The van der Waals surface area contributed by atoms with Crippen LogP contribution in [0.2, 0.25) is 0 Å². The first kappa shape index (κ1) is 18.0. The van der Waals surface area contributed by atoms with Gasteiger partial charge in [-0.3, -0.25) is 4.79 Å². The SMILES string of the molecule is CCc1ccc(OCc2c(Br)cccc2CC(=O)OC)c(Br)c1. The fraction of sp³-hybridized carbons (Fsp3) is 0.278. The van der Waals surface area contributed by atoms with E-state index in [1.807, 2.05) is 24.3 Å². The molecule has 0 fully saturated rings. The van der Waals surface area contributed by atoms with E-state index in [4.69, 9.17) is 9.47 Å². The molecule has 0 atom stereocenters. The van der Waals surface area contributed by atoms with Gasteiger partial charge in [-0.2, -0.15) is 0 Å². The Morgan fingerprint density at radius 3 is 2.57 bits per heavy atom. The van der Waals surface area contributed by atoms with Crippen molar-refractivity contribution in [2.75, 3.05) is 7.11 Å². The molecular weight excluding hydrogens is 424 g/mol. The monoisotopic (exact) mass is 440 g/mol. The lowest BCUT2D eigenvalue weighted by atomic mass is 10.1. The number of ether oxygens (including phenoxy) is 2. The second kappa shape index (κ2) is 8.50. The molecule has 0 radical (unpaired) electrons. The van der Waals surface area contributed by atoms with Crippen LogP contribution in [0.1, 0.15) is 23.6 Å². The summed E-state index contributed by atoms with van der Waals surface area (Å²) in [5, 5.41) is 0. The number of halogens is 2. The van der Waals surface area contributed by atoms with Crippen molar-refractivity contribution in [1.82, 2.24) is 0 Å². The van der Waals surface area contributed by atoms with Gasteiger partial charge in [0.15, 0.2) is 0 Å². The van der Waals surface area contributed by atoms with Gasteiger partial charge < -0.3 is 9.47 Å². The van der Waals surface area contributed by atoms with Gasteiger partial charge in [0, 0.05) is 10.0 Å². The number of carbonyl (C=O) groups excluding carboxylic acids is 1. The van der Waals surface area contributed by atoms with Crippen LogP contribution < -0.4 is 4.74 Å². The molecule has 0 aliphatic carbocycles. The van der Waals surface area contributed by atoms with Gasteiger partial charge in [-0.1, -0.05) is 41.1 Å². The standard InChI is InChI=1S/C18H18Br2O3/c1-3-12-7-8-17(16(20)9-12)23-11-14-13(10-18(21)22-2)5-4-6-15(14)19/h4-9H,3,10-11H2,1-2H3.